The molecule has 0 bridgehead atoms. The number of nitrogens with zero attached hydrogens (tertiary/aromatic N) is 2. The van der Waals surface area contributed by atoms with Gasteiger partial charge in [0.05, 0.1) is 0 Å². The largest absolute Gasteiger partial charge is 0.368 e. The molecule has 0 aliphatic rings. The summed E-state index contributed by atoms with van der Waals surface area (Å²) >= 11 is 0. The first-order valence-corrected chi connectivity index (χ1v) is 8.83. The maximum Gasteiger partial charge on any atom is 0.320 e. The number of carbonyl (C=O) groups is 2. The molecule has 2 aromatic carbocycles. The SMILES string of the molecule is CCc1noc(-c2ccc(C)c(NC(=O)N[C@@H](C(N)=O)c3ccccc3)c2)n1. The average molecular weight is 379 g/mol. The van der Waals surface area contributed by atoms with Gasteiger partial charge >= 0.3 is 6.03 Å². The zero-order chi connectivity index (χ0) is 20.1. The van der Waals surface area contributed by atoms with Gasteiger partial charge in [-0.1, -0.05) is 48.5 Å². The van der Waals surface area contributed by atoms with Crippen LogP contribution in [-0.4, -0.2) is 22.1 Å². The average Bonchev–Trinajstić information content (AvgIpc) is 3.17. The Morgan fingerprint density at radius 2 is 1.93 bits per heavy atom. The molecule has 144 valence electrons. The van der Waals surface area contributed by atoms with Crippen LogP contribution in [0, 0.1) is 6.92 Å². The molecule has 0 radical (unpaired) electrons. The van der Waals surface area contributed by atoms with Crippen LogP contribution in [0.25, 0.3) is 11.5 Å². The lowest BCUT2D eigenvalue weighted by atomic mass is 10.1. The smallest absolute Gasteiger partial charge is 0.320 e. The minimum Gasteiger partial charge on any atom is -0.368 e. The molecular formula is C20H21N5O3. The highest BCUT2D eigenvalue weighted by Crippen LogP contribution is 2.24. The van der Waals surface area contributed by atoms with Gasteiger partial charge in [-0.25, -0.2) is 4.79 Å². The number of urea groups is 1. The molecule has 0 spiro atoms. The summed E-state index contributed by atoms with van der Waals surface area (Å²) in [4.78, 5) is 28.5. The number of anilines is 1. The molecule has 0 aliphatic carbocycles. The Morgan fingerprint density at radius 3 is 2.57 bits per heavy atom. The lowest BCUT2D eigenvalue weighted by Crippen LogP contribution is -2.39. The molecule has 0 fully saturated rings. The zero-order valence-corrected chi connectivity index (χ0v) is 15.6. The van der Waals surface area contributed by atoms with Gasteiger partial charge in [0.25, 0.3) is 5.89 Å². The first kappa shape index (κ1) is 19.1. The van der Waals surface area contributed by atoms with Gasteiger partial charge in [-0.05, 0) is 30.2 Å². The Balaban J connectivity index is 1.77. The summed E-state index contributed by atoms with van der Waals surface area (Å²) in [5.41, 5.74) is 8.13. The lowest BCUT2D eigenvalue weighted by molar-refractivity contribution is -0.119. The number of nitrogens with two attached hydrogens (primary N) is 1. The fourth-order valence-corrected chi connectivity index (χ4v) is 2.66. The van der Waals surface area contributed by atoms with Crippen LogP contribution in [0.5, 0.6) is 0 Å². The number of hydrogen-bond donors (Lipinski definition) is 3. The first-order chi connectivity index (χ1) is 13.5. The van der Waals surface area contributed by atoms with Gasteiger partial charge in [-0.3, -0.25) is 4.79 Å². The van der Waals surface area contributed by atoms with Gasteiger partial charge in [-0.2, -0.15) is 4.98 Å². The fourth-order valence-electron chi connectivity index (χ4n) is 2.66. The molecule has 8 heteroatoms. The molecule has 0 unspecified atom stereocenters. The Labute approximate surface area is 162 Å². The third kappa shape index (κ3) is 4.35. The van der Waals surface area contributed by atoms with E-state index < -0.39 is 18.0 Å². The van der Waals surface area contributed by atoms with Crippen molar-refractivity contribution in [3.05, 3.63) is 65.5 Å². The van der Waals surface area contributed by atoms with Gasteiger partial charge in [0.1, 0.15) is 6.04 Å². The van der Waals surface area contributed by atoms with Gasteiger partial charge in [-0.15, -0.1) is 0 Å². The van der Waals surface area contributed by atoms with Crippen molar-refractivity contribution < 1.29 is 14.1 Å². The molecule has 4 N–H and O–H groups in total. The van der Waals surface area contributed by atoms with E-state index in [1.165, 1.54) is 0 Å². The van der Waals surface area contributed by atoms with E-state index in [0.29, 0.717) is 35.0 Å². The number of carbonyl (C=O) groups excluding carboxylic acids is 2. The third-order valence-corrected chi connectivity index (χ3v) is 4.21. The molecule has 1 atom stereocenters. The Kier molecular flexibility index (Phi) is 5.69. The molecule has 0 saturated carbocycles. The molecule has 8 nitrogen and oxygen atoms in total. The minimum atomic E-state index is -0.937. The monoisotopic (exact) mass is 379 g/mol. The quantitative estimate of drug-likeness (QED) is 0.607. The first-order valence-electron chi connectivity index (χ1n) is 8.83. The number of benzene rings is 2. The normalized spacial score (nSPS) is 11.6. The molecule has 0 saturated heterocycles. The summed E-state index contributed by atoms with van der Waals surface area (Å²) in [6.07, 6.45) is 0.664. The van der Waals surface area contributed by atoms with E-state index in [1.807, 2.05) is 32.0 Å². The molecule has 3 rings (SSSR count). The second kappa shape index (κ2) is 8.34. The third-order valence-electron chi connectivity index (χ3n) is 4.21. The van der Waals surface area contributed by atoms with Crippen molar-refractivity contribution in [1.29, 1.82) is 0 Å². The standard InChI is InChI=1S/C20H21N5O3/c1-3-16-23-19(28-25-16)14-10-9-12(2)15(11-14)22-20(27)24-17(18(21)26)13-7-5-4-6-8-13/h4-11,17H,3H2,1-2H3,(H2,21,26)(H2,22,24,27)/t17-/m1/s1. The number of nitrogens with one attached hydrogen (secondary N) is 2. The van der Waals surface area contributed by atoms with Gasteiger partial charge in [0, 0.05) is 17.7 Å². The van der Waals surface area contributed by atoms with Crippen molar-refractivity contribution in [3.8, 4) is 11.5 Å². The second-order valence-electron chi connectivity index (χ2n) is 6.24. The predicted molar refractivity (Wildman–Crippen MR) is 104 cm³/mol. The number of aromatic nitrogens is 2. The number of hydrogen-bond acceptors (Lipinski definition) is 5. The Hall–Kier alpha value is -3.68. The molecule has 1 aromatic heterocycles. The summed E-state index contributed by atoms with van der Waals surface area (Å²) in [5.74, 6) is 0.333. The molecule has 3 aromatic rings. The fraction of sp³-hybridized carbons (Fsp3) is 0.200. The maximum atomic E-state index is 12.5. The summed E-state index contributed by atoms with van der Waals surface area (Å²) in [7, 11) is 0. The van der Waals surface area contributed by atoms with Crippen LogP contribution >= 0.6 is 0 Å². The summed E-state index contributed by atoms with van der Waals surface area (Å²) < 4.78 is 5.24. The number of rotatable bonds is 6. The highest BCUT2D eigenvalue weighted by molar-refractivity contribution is 5.94. The van der Waals surface area contributed by atoms with Crippen molar-refractivity contribution in [3.63, 3.8) is 0 Å². The van der Waals surface area contributed by atoms with Gasteiger partial charge in [0.2, 0.25) is 5.91 Å². The van der Waals surface area contributed by atoms with Gasteiger partial charge in [0.15, 0.2) is 5.82 Å². The molecule has 1 heterocycles. The summed E-state index contributed by atoms with van der Waals surface area (Å²) in [6, 6.07) is 12.7. The predicted octanol–water partition coefficient (Wildman–Crippen LogP) is 2.96. The van der Waals surface area contributed by atoms with Crippen molar-refractivity contribution in [2.24, 2.45) is 5.73 Å². The Bertz CT molecular complexity index is 985. The van der Waals surface area contributed by atoms with E-state index in [2.05, 4.69) is 20.8 Å². The highest BCUT2D eigenvalue weighted by atomic mass is 16.5. The van der Waals surface area contributed by atoms with Crippen LogP contribution < -0.4 is 16.4 Å². The maximum absolute atomic E-state index is 12.5. The van der Waals surface area contributed by atoms with Crippen LogP contribution in [0.1, 0.15) is 29.9 Å². The molecule has 28 heavy (non-hydrogen) atoms. The van der Waals surface area contributed by atoms with Crippen molar-refractivity contribution in [2.75, 3.05) is 5.32 Å². The Morgan fingerprint density at radius 1 is 1.18 bits per heavy atom. The van der Waals surface area contributed by atoms with Crippen LogP contribution in [0.4, 0.5) is 10.5 Å². The number of amides is 3. The van der Waals surface area contributed by atoms with Crippen molar-refractivity contribution in [2.45, 2.75) is 26.3 Å². The van der Waals surface area contributed by atoms with Crippen molar-refractivity contribution in [1.82, 2.24) is 15.5 Å². The summed E-state index contributed by atoms with van der Waals surface area (Å²) in [5, 5.41) is 9.23. The lowest BCUT2D eigenvalue weighted by Gasteiger charge is -2.17. The van der Waals surface area contributed by atoms with E-state index >= 15 is 0 Å². The van der Waals surface area contributed by atoms with E-state index in [9.17, 15) is 9.59 Å². The second-order valence-corrected chi connectivity index (χ2v) is 6.24. The molecule has 0 aliphatic heterocycles. The molecular weight excluding hydrogens is 358 g/mol. The van der Waals surface area contributed by atoms with Crippen LogP contribution in [0.15, 0.2) is 53.1 Å². The van der Waals surface area contributed by atoms with Crippen molar-refractivity contribution >= 4 is 17.6 Å². The molecule has 3 amide bonds. The van der Waals surface area contributed by atoms with Gasteiger partial charge < -0.3 is 20.9 Å². The zero-order valence-electron chi connectivity index (χ0n) is 15.6. The van der Waals surface area contributed by atoms with E-state index in [-0.39, 0.29) is 0 Å². The topological polar surface area (TPSA) is 123 Å². The number of aryl methyl sites for hydroxylation is 2. The number of primary amides is 1. The highest BCUT2D eigenvalue weighted by Gasteiger charge is 2.20. The summed E-state index contributed by atoms with van der Waals surface area (Å²) in [6.45, 7) is 3.79. The van der Waals surface area contributed by atoms with Crippen LogP contribution in [0.2, 0.25) is 0 Å². The van der Waals surface area contributed by atoms with Crippen LogP contribution in [-0.2, 0) is 11.2 Å². The van der Waals surface area contributed by atoms with E-state index in [1.54, 1.807) is 30.3 Å². The van der Waals surface area contributed by atoms with E-state index in [4.69, 9.17) is 10.3 Å². The minimum absolute atomic E-state index is 0.375. The van der Waals surface area contributed by atoms with E-state index in [0.717, 1.165) is 5.56 Å². The van der Waals surface area contributed by atoms with Crippen LogP contribution in [0.3, 0.4) is 0 Å².